The van der Waals surface area contributed by atoms with Crippen molar-refractivity contribution in [2.24, 2.45) is 11.3 Å². The topological polar surface area (TPSA) is 26.3 Å². The zero-order valence-electron chi connectivity index (χ0n) is 14.4. The standard InChI is InChI=1S/C20H28O2/c1-13-7-5-9-20(4)10-6-8-14(2)17(20)12-16-15(3)19(21)22-18(16)11-13/h7-8,17-18H,5-6,9-12H2,1-4H3/b13-7+/t17-,18-,20-/m0/s1. The van der Waals surface area contributed by atoms with Crippen LogP contribution in [0.4, 0.5) is 0 Å². The molecule has 3 rings (SSSR count). The summed E-state index contributed by atoms with van der Waals surface area (Å²) in [5.74, 6) is 0.446. The molecule has 0 saturated heterocycles. The quantitative estimate of drug-likeness (QED) is 0.459. The van der Waals surface area contributed by atoms with E-state index in [0.717, 1.165) is 24.8 Å². The van der Waals surface area contributed by atoms with E-state index in [1.54, 1.807) is 0 Å². The van der Waals surface area contributed by atoms with Gasteiger partial charge in [0.2, 0.25) is 0 Å². The fraction of sp³-hybridized carbons (Fsp3) is 0.650. The van der Waals surface area contributed by atoms with E-state index < -0.39 is 0 Å². The molecule has 0 radical (unpaired) electrons. The molecule has 0 aromatic rings. The monoisotopic (exact) mass is 300 g/mol. The first-order chi connectivity index (χ1) is 10.4. The molecule has 3 aliphatic rings. The summed E-state index contributed by atoms with van der Waals surface area (Å²) in [6, 6.07) is 0. The predicted octanol–water partition coefficient (Wildman–Crippen LogP) is 5.11. The van der Waals surface area contributed by atoms with Crippen molar-refractivity contribution in [1.29, 1.82) is 0 Å². The molecule has 1 heterocycles. The molecular weight excluding hydrogens is 272 g/mol. The first-order valence-corrected chi connectivity index (χ1v) is 8.63. The average molecular weight is 300 g/mol. The molecule has 0 fully saturated rings. The molecule has 0 aromatic carbocycles. The Hall–Kier alpha value is -1.31. The zero-order valence-corrected chi connectivity index (χ0v) is 14.4. The third kappa shape index (κ3) is 2.68. The Morgan fingerprint density at radius 2 is 1.77 bits per heavy atom. The van der Waals surface area contributed by atoms with Crippen LogP contribution in [-0.4, -0.2) is 12.1 Å². The molecule has 120 valence electrons. The van der Waals surface area contributed by atoms with E-state index in [-0.39, 0.29) is 12.1 Å². The summed E-state index contributed by atoms with van der Waals surface area (Å²) in [7, 11) is 0. The minimum absolute atomic E-state index is 0.0270. The van der Waals surface area contributed by atoms with Gasteiger partial charge in [-0.25, -0.2) is 4.79 Å². The summed E-state index contributed by atoms with van der Waals surface area (Å²) in [4.78, 5) is 12.1. The Labute approximate surface area is 134 Å². The van der Waals surface area contributed by atoms with Crippen LogP contribution in [0.15, 0.2) is 34.4 Å². The molecule has 3 atom stereocenters. The van der Waals surface area contributed by atoms with Crippen LogP contribution in [0.1, 0.15) is 66.2 Å². The lowest BCUT2D eigenvalue weighted by Crippen LogP contribution is -2.32. The molecule has 0 bridgehead atoms. The van der Waals surface area contributed by atoms with Crippen LogP contribution in [0.2, 0.25) is 0 Å². The highest BCUT2D eigenvalue weighted by molar-refractivity contribution is 5.91. The van der Waals surface area contributed by atoms with Crippen LogP contribution in [0.5, 0.6) is 0 Å². The maximum absolute atomic E-state index is 12.1. The van der Waals surface area contributed by atoms with Crippen molar-refractivity contribution < 1.29 is 9.53 Å². The van der Waals surface area contributed by atoms with Crippen LogP contribution in [-0.2, 0) is 9.53 Å². The van der Waals surface area contributed by atoms with Crippen LogP contribution in [0.25, 0.3) is 0 Å². The van der Waals surface area contributed by atoms with E-state index in [2.05, 4.69) is 32.9 Å². The number of fused-ring (bicyclic) bond motifs is 2. The Morgan fingerprint density at radius 1 is 1.09 bits per heavy atom. The first kappa shape index (κ1) is 15.6. The van der Waals surface area contributed by atoms with Crippen molar-refractivity contribution in [3.05, 3.63) is 34.4 Å². The van der Waals surface area contributed by atoms with Gasteiger partial charge in [-0.2, -0.15) is 0 Å². The molecule has 0 unspecified atom stereocenters. The van der Waals surface area contributed by atoms with Gasteiger partial charge in [-0.3, -0.25) is 0 Å². The lowest BCUT2D eigenvalue weighted by atomic mass is 9.62. The zero-order chi connectivity index (χ0) is 15.9. The van der Waals surface area contributed by atoms with Crippen LogP contribution >= 0.6 is 0 Å². The number of allylic oxidation sites excluding steroid dienone is 3. The molecule has 2 heteroatoms. The summed E-state index contributed by atoms with van der Waals surface area (Å²) in [5.41, 5.74) is 5.32. The molecule has 2 aliphatic carbocycles. The molecule has 0 saturated carbocycles. The second kappa shape index (κ2) is 5.72. The summed E-state index contributed by atoms with van der Waals surface area (Å²) in [5, 5.41) is 0. The van der Waals surface area contributed by atoms with Gasteiger partial charge in [-0.1, -0.05) is 30.2 Å². The lowest BCUT2D eigenvalue weighted by molar-refractivity contribution is -0.139. The Morgan fingerprint density at radius 3 is 2.50 bits per heavy atom. The maximum atomic E-state index is 12.1. The van der Waals surface area contributed by atoms with Crippen LogP contribution < -0.4 is 0 Å². The molecule has 0 aromatic heterocycles. The highest BCUT2D eigenvalue weighted by atomic mass is 16.5. The van der Waals surface area contributed by atoms with Crippen molar-refractivity contribution in [2.75, 3.05) is 0 Å². The van der Waals surface area contributed by atoms with E-state index in [1.165, 1.54) is 36.0 Å². The molecule has 2 nitrogen and oxygen atoms in total. The molecule has 1 aliphatic heterocycles. The minimum Gasteiger partial charge on any atom is -0.454 e. The van der Waals surface area contributed by atoms with Gasteiger partial charge < -0.3 is 4.74 Å². The molecular formula is C20H28O2. The predicted molar refractivity (Wildman–Crippen MR) is 89.4 cm³/mol. The van der Waals surface area contributed by atoms with Crippen molar-refractivity contribution >= 4 is 5.97 Å². The van der Waals surface area contributed by atoms with Crippen molar-refractivity contribution in [2.45, 2.75) is 72.3 Å². The Balaban J connectivity index is 2.02. The minimum atomic E-state index is -0.105. The number of ether oxygens (including phenoxy) is 1. The van der Waals surface area contributed by atoms with Crippen LogP contribution in [0, 0.1) is 11.3 Å². The van der Waals surface area contributed by atoms with Gasteiger partial charge >= 0.3 is 5.97 Å². The molecule has 0 spiro atoms. The normalized spacial score (nSPS) is 38.5. The van der Waals surface area contributed by atoms with Crippen LogP contribution in [0.3, 0.4) is 0 Å². The van der Waals surface area contributed by atoms with Gasteiger partial charge in [0.1, 0.15) is 6.10 Å². The molecule has 22 heavy (non-hydrogen) atoms. The third-order valence-corrected chi connectivity index (χ3v) is 6.14. The summed E-state index contributed by atoms with van der Waals surface area (Å²) in [6.07, 6.45) is 11.4. The van der Waals surface area contributed by atoms with E-state index in [0.29, 0.717) is 11.3 Å². The summed E-state index contributed by atoms with van der Waals surface area (Å²) < 4.78 is 5.65. The highest BCUT2D eigenvalue weighted by Crippen LogP contribution is 2.49. The largest absolute Gasteiger partial charge is 0.454 e. The Kier molecular flexibility index (Phi) is 4.05. The lowest BCUT2D eigenvalue weighted by Gasteiger charge is -2.42. The summed E-state index contributed by atoms with van der Waals surface area (Å²) >= 11 is 0. The van der Waals surface area contributed by atoms with E-state index in [4.69, 9.17) is 4.74 Å². The van der Waals surface area contributed by atoms with Gasteiger partial charge in [0.25, 0.3) is 0 Å². The van der Waals surface area contributed by atoms with Gasteiger partial charge in [0, 0.05) is 12.0 Å². The number of carbonyl (C=O) groups is 1. The maximum Gasteiger partial charge on any atom is 0.334 e. The smallest absolute Gasteiger partial charge is 0.334 e. The SMILES string of the molecule is CC1=CCC[C@]2(C)CC/C=C(\C)C[C@@H]3OC(=O)C(C)=C3C[C@@H]12. The van der Waals surface area contributed by atoms with E-state index >= 15 is 0 Å². The second-order valence-electron chi connectivity index (χ2n) is 7.74. The number of hydrogen-bond donors (Lipinski definition) is 0. The molecule has 0 N–H and O–H groups in total. The van der Waals surface area contributed by atoms with Gasteiger partial charge in [-0.05, 0) is 69.8 Å². The van der Waals surface area contributed by atoms with Crippen molar-refractivity contribution in [3.8, 4) is 0 Å². The number of hydrogen-bond acceptors (Lipinski definition) is 2. The number of carbonyl (C=O) groups excluding carboxylic acids is 1. The van der Waals surface area contributed by atoms with Gasteiger partial charge in [-0.15, -0.1) is 0 Å². The fourth-order valence-corrected chi connectivity index (χ4v) is 4.56. The second-order valence-corrected chi connectivity index (χ2v) is 7.74. The van der Waals surface area contributed by atoms with Gasteiger partial charge in [0.15, 0.2) is 0 Å². The van der Waals surface area contributed by atoms with E-state index in [1.807, 2.05) is 6.92 Å². The third-order valence-electron chi connectivity index (χ3n) is 6.14. The number of rotatable bonds is 0. The van der Waals surface area contributed by atoms with Crippen molar-refractivity contribution in [1.82, 2.24) is 0 Å². The van der Waals surface area contributed by atoms with Crippen molar-refractivity contribution in [3.63, 3.8) is 0 Å². The number of esters is 1. The highest BCUT2D eigenvalue weighted by Gasteiger charge is 2.41. The Bertz CT molecular complexity index is 579. The molecule has 0 amide bonds. The summed E-state index contributed by atoms with van der Waals surface area (Å²) in [6.45, 7) is 8.84. The van der Waals surface area contributed by atoms with Gasteiger partial charge in [0.05, 0.1) is 0 Å². The first-order valence-electron chi connectivity index (χ1n) is 8.63. The average Bonchev–Trinajstić information content (AvgIpc) is 2.70. The van der Waals surface area contributed by atoms with E-state index in [9.17, 15) is 4.79 Å². The fourth-order valence-electron chi connectivity index (χ4n) is 4.56.